The van der Waals surface area contributed by atoms with Gasteiger partial charge in [0.05, 0.1) is 23.7 Å². The van der Waals surface area contributed by atoms with E-state index in [4.69, 9.17) is 33.8 Å². The fraction of sp³-hybridized carbons (Fsp3) is 0.379. The number of carbonyl (C=O) groups excluding carboxylic acids is 6. The van der Waals surface area contributed by atoms with Crippen LogP contribution in [0.15, 0.2) is 17.3 Å². The number of aromatic nitrogens is 1. The van der Waals surface area contributed by atoms with E-state index in [1.54, 1.807) is 0 Å². The van der Waals surface area contributed by atoms with E-state index in [0.717, 1.165) is 33.3 Å². The number of benzene rings is 1. The molecule has 4 heterocycles. The van der Waals surface area contributed by atoms with Gasteiger partial charge in [-0.1, -0.05) is 51.5 Å². The number of aliphatic carboxylic acids is 2. The van der Waals surface area contributed by atoms with Crippen molar-refractivity contribution in [1.82, 2.24) is 41.2 Å². The summed E-state index contributed by atoms with van der Waals surface area (Å²) in [6.45, 7) is -1.52. The number of oxime groups is 1. The topological polar surface area (TPSA) is 336 Å². The smallest absolute Gasteiger partial charge is 0.350 e. The standard InChI is InChI=1S/C29H28Cl2N10O13S2/c30-12-10(1-2-11(42)16(12)43)18(44)33-5-6-34-20(46)21(47)37-41-8-7-40(27(41)53)29(25(51)52)9-39-22(48)15(23(39)56-29)35-19(45)14(13-17(31)55-26(32)36-13)38-54-28(3-4-28)24(49)50/h1-2,15,23,42-43H,3-9H2,(H2,32,36)(H,33,44)(H,34,46)(H,35,45)(H,37,47)(H,49,50)(H,51,52)/b38-14-/t15?,23-,29-/m1/s1. The lowest BCUT2D eigenvalue weighted by molar-refractivity contribution is -0.153. The highest BCUT2D eigenvalue weighted by Gasteiger charge is 2.66. The van der Waals surface area contributed by atoms with Crippen molar-refractivity contribution in [2.45, 2.75) is 34.7 Å². The summed E-state index contributed by atoms with van der Waals surface area (Å²) in [7, 11) is 0. The molecule has 10 N–H and O–H groups in total. The molecular weight excluding hydrogens is 831 g/mol. The maximum atomic E-state index is 13.5. The van der Waals surface area contributed by atoms with Crippen LogP contribution in [0.5, 0.6) is 11.5 Å². The van der Waals surface area contributed by atoms with Gasteiger partial charge in [-0.15, -0.1) is 0 Å². The third-order valence-electron chi connectivity index (χ3n) is 8.83. The van der Waals surface area contributed by atoms with Gasteiger partial charge in [0.25, 0.3) is 11.8 Å². The van der Waals surface area contributed by atoms with Crippen molar-refractivity contribution < 1.29 is 63.6 Å². The van der Waals surface area contributed by atoms with Crippen LogP contribution in [-0.4, -0.2) is 148 Å². The van der Waals surface area contributed by atoms with E-state index in [1.165, 1.54) is 0 Å². The van der Waals surface area contributed by atoms with E-state index >= 15 is 0 Å². The summed E-state index contributed by atoms with van der Waals surface area (Å²) in [5.41, 5.74) is 5.12. The third-order valence-corrected chi connectivity index (χ3v) is 12.0. The van der Waals surface area contributed by atoms with Crippen LogP contribution in [0.2, 0.25) is 9.36 Å². The predicted molar refractivity (Wildman–Crippen MR) is 191 cm³/mol. The lowest BCUT2D eigenvalue weighted by Gasteiger charge is -2.41. The van der Waals surface area contributed by atoms with Gasteiger partial charge in [-0.25, -0.2) is 24.4 Å². The van der Waals surface area contributed by atoms with Gasteiger partial charge in [-0.3, -0.25) is 34.3 Å². The maximum Gasteiger partial charge on any atom is 0.350 e. The van der Waals surface area contributed by atoms with E-state index in [-0.39, 0.29) is 59.7 Å². The number of nitrogens with two attached hydrogens (primary N) is 1. The molecule has 27 heteroatoms. The molecule has 0 radical (unpaired) electrons. The molecule has 23 nitrogen and oxygen atoms in total. The first-order chi connectivity index (χ1) is 26.4. The first kappa shape index (κ1) is 39.9. The number of thiazole rings is 1. The molecule has 2 aromatic rings. The van der Waals surface area contributed by atoms with Crippen molar-refractivity contribution in [1.29, 1.82) is 0 Å². The molecule has 3 aliphatic heterocycles. The number of nitrogens with zero attached hydrogens (tertiary/aromatic N) is 5. The molecule has 4 aliphatic rings. The number of nitrogen functional groups attached to an aromatic ring is 1. The second-order valence-corrected chi connectivity index (χ2v) is 15.8. The van der Waals surface area contributed by atoms with Gasteiger partial charge in [0.1, 0.15) is 21.4 Å². The molecule has 298 valence electrons. The van der Waals surface area contributed by atoms with Crippen LogP contribution in [0.3, 0.4) is 0 Å². The van der Waals surface area contributed by atoms with E-state index < -0.39 is 98.2 Å². The third kappa shape index (κ3) is 7.19. The van der Waals surface area contributed by atoms with Gasteiger partial charge in [0.15, 0.2) is 22.3 Å². The molecule has 3 atom stereocenters. The van der Waals surface area contributed by atoms with Crippen LogP contribution < -0.4 is 27.1 Å². The lowest BCUT2D eigenvalue weighted by Crippen LogP contribution is -2.68. The quantitative estimate of drug-likeness (QED) is 0.0270. The normalized spacial score (nSPS) is 22.2. The molecule has 1 saturated carbocycles. The summed E-state index contributed by atoms with van der Waals surface area (Å²) in [5, 5.41) is 49.0. The van der Waals surface area contributed by atoms with Gasteiger partial charge < -0.3 is 51.8 Å². The number of hydrogen-bond acceptors (Lipinski definition) is 16. The molecule has 1 aromatic heterocycles. The van der Waals surface area contributed by atoms with E-state index in [1.807, 2.05) is 0 Å². The molecule has 4 fully saturated rings. The number of phenols is 2. The Bertz CT molecular complexity index is 2120. The Labute approximate surface area is 331 Å². The Kier molecular flexibility index (Phi) is 10.7. The Morgan fingerprint density at radius 3 is 2.32 bits per heavy atom. The molecule has 1 aliphatic carbocycles. The largest absolute Gasteiger partial charge is 0.504 e. The number of anilines is 1. The van der Waals surface area contributed by atoms with E-state index in [9.17, 15) is 58.8 Å². The lowest BCUT2D eigenvalue weighted by atomic mass is 10.1. The summed E-state index contributed by atoms with van der Waals surface area (Å²) >= 11 is 13.5. The van der Waals surface area contributed by atoms with Crippen molar-refractivity contribution in [3.8, 4) is 11.5 Å². The van der Waals surface area contributed by atoms with Crippen LogP contribution in [0, 0.1) is 0 Å². The van der Waals surface area contributed by atoms with Gasteiger partial charge >= 0.3 is 29.8 Å². The highest BCUT2D eigenvalue weighted by molar-refractivity contribution is 8.02. The molecule has 6 rings (SSSR count). The number of halogens is 2. The Morgan fingerprint density at radius 1 is 1.00 bits per heavy atom. The number of carbonyl (C=O) groups is 8. The summed E-state index contributed by atoms with van der Waals surface area (Å²) in [4.78, 5) is 111. The van der Waals surface area contributed by atoms with Gasteiger partial charge in [-0.2, -0.15) is 0 Å². The first-order valence-electron chi connectivity index (χ1n) is 16.0. The number of urea groups is 1. The SMILES string of the molecule is Nc1nc(/C(=N/OC2(C(=O)O)CC2)C(=O)NC2C(=O)N3C[C@@](C(=O)O)(N4CCN(NC(=O)C(=O)NCCNC(=O)c5ccc(O)c(O)c5Cl)C4=O)S[C@H]23)c(Cl)s1. The molecular formula is C29H28Cl2N10O13S2. The monoisotopic (exact) mass is 858 g/mol. The number of phenolic OH excluding ortho intramolecular Hbond substituents is 2. The van der Waals surface area contributed by atoms with Crippen molar-refractivity contribution >= 4 is 105 Å². The Balaban J connectivity index is 1.05. The molecule has 0 bridgehead atoms. The number of β-lactam (4-membered cyclic amide) rings is 1. The molecule has 56 heavy (non-hydrogen) atoms. The summed E-state index contributed by atoms with van der Waals surface area (Å²) in [5.74, 6) is -9.16. The summed E-state index contributed by atoms with van der Waals surface area (Å²) < 4.78 is -0.0904. The van der Waals surface area contributed by atoms with Crippen LogP contribution in [0.25, 0.3) is 0 Å². The molecule has 1 unspecified atom stereocenters. The number of amides is 7. The van der Waals surface area contributed by atoms with Crippen LogP contribution in [-0.2, 0) is 33.6 Å². The molecule has 1 aromatic carbocycles. The molecule has 7 amide bonds. The zero-order valence-electron chi connectivity index (χ0n) is 28.1. The van der Waals surface area contributed by atoms with Gasteiger partial charge in [0, 0.05) is 32.5 Å². The molecule has 0 spiro atoms. The summed E-state index contributed by atoms with van der Waals surface area (Å²) in [6.07, 6.45) is 0.219. The van der Waals surface area contributed by atoms with Gasteiger partial charge in [-0.05, 0) is 12.1 Å². The number of fused-ring (bicyclic) bond motifs is 1. The summed E-state index contributed by atoms with van der Waals surface area (Å²) in [6, 6.07) is -0.173. The second kappa shape index (κ2) is 15.0. The van der Waals surface area contributed by atoms with E-state index in [2.05, 4.69) is 31.5 Å². The molecule has 3 saturated heterocycles. The second-order valence-electron chi connectivity index (χ2n) is 12.4. The van der Waals surface area contributed by atoms with Crippen LogP contribution in [0.1, 0.15) is 28.9 Å². The fourth-order valence-electron chi connectivity index (χ4n) is 5.67. The number of aromatic hydroxyl groups is 2. The number of carboxylic acids is 2. The minimum Gasteiger partial charge on any atom is -0.504 e. The van der Waals surface area contributed by atoms with Crippen molar-refractivity contribution in [2.75, 3.05) is 38.5 Å². The number of rotatable bonds is 13. The number of hydrogen-bond donors (Lipinski definition) is 9. The predicted octanol–water partition coefficient (Wildman–Crippen LogP) is -1.72. The van der Waals surface area contributed by atoms with Crippen molar-refractivity contribution in [3.63, 3.8) is 0 Å². The zero-order chi connectivity index (χ0) is 40.9. The average molecular weight is 860 g/mol. The maximum absolute atomic E-state index is 13.5. The minimum absolute atomic E-state index is 0.0584. The van der Waals surface area contributed by atoms with E-state index in [0.29, 0.717) is 16.8 Å². The number of hydrazine groups is 1. The number of nitrogens with one attached hydrogen (secondary N) is 4. The van der Waals surface area contributed by atoms with Gasteiger partial charge in [0.2, 0.25) is 16.4 Å². The highest BCUT2D eigenvalue weighted by atomic mass is 35.5. The highest BCUT2D eigenvalue weighted by Crippen LogP contribution is 2.49. The Hall–Kier alpha value is -5.79. The van der Waals surface area contributed by atoms with Crippen molar-refractivity contribution in [3.05, 3.63) is 32.7 Å². The number of thioether (sulfide) groups is 1. The minimum atomic E-state index is -2.10. The van der Waals surface area contributed by atoms with Crippen molar-refractivity contribution in [2.24, 2.45) is 5.16 Å². The van der Waals surface area contributed by atoms with Crippen LogP contribution >= 0.6 is 46.3 Å². The average Bonchev–Trinajstić information content (AvgIpc) is 3.59. The number of carboxylic acid groups (broad SMARTS) is 2. The zero-order valence-corrected chi connectivity index (χ0v) is 31.3. The first-order valence-corrected chi connectivity index (χ1v) is 18.5. The Morgan fingerprint density at radius 2 is 1.70 bits per heavy atom. The fourth-order valence-corrected chi connectivity index (χ4v) is 8.48. The van der Waals surface area contributed by atoms with Crippen LogP contribution in [0.4, 0.5) is 9.93 Å².